The minimum Gasteiger partial charge on any atom is -0.393 e. The van der Waals surface area contributed by atoms with Gasteiger partial charge in [-0.15, -0.1) is 0 Å². The fourth-order valence-corrected chi connectivity index (χ4v) is 2.19. The Morgan fingerprint density at radius 3 is 2.85 bits per heavy atom. The number of aromatic nitrogens is 2. The summed E-state index contributed by atoms with van der Waals surface area (Å²) in [7, 11) is 0. The molecule has 0 saturated heterocycles. The van der Waals surface area contributed by atoms with Gasteiger partial charge in [-0.2, -0.15) is 0 Å². The first-order valence-corrected chi connectivity index (χ1v) is 4.56. The van der Waals surface area contributed by atoms with E-state index in [2.05, 4.69) is 9.97 Å². The van der Waals surface area contributed by atoms with Gasteiger partial charge in [0.15, 0.2) is 0 Å². The van der Waals surface area contributed by atoms with E-state index in [1.165, 1.54) is 0 Å². The fraction of sp³-hybridized carbons (Fsp3) is 0.667. The van der Waals surface area contributed by atoms with Crippen LogP contribution in [0.2, 0.25) is 0 Å². The maximum absolute atomic E-state index is 9.31. The first-order chi connectivity index (χ1) is 6.18. The number of hydrogen-bond donors (Lipinski definition) is 3. The summed E-state index contributed by atoms with van der Waals surface area (Å²) in [5, 5.41) is 9.31. The van der Waals surface area contributed by atoms with Crippen LogP contribution in [-0.4, -0.2) is 27.7 Å². The number of aliphatic hydroxyl groups excluding tert-OH is 1. The quantitative estimate of drug-likeness (QED) is 0.604. The molecule has 0 aromatic carbocycles. The van der Waals surface area contributed by atoms with Gasteiger partial charge in [0.1, 0.15) is 0 Å². The number of nitrogens with zero attached hydrogens (tertiary/aromatic N) is 1. The lowest BCUT2D eigenvalue weighted by Crippen LogP contribution is -2.50. The number of nitrogens with one attached hydrogen (secondary N) is 1. The van der Waals surface area contributed by atoms with Crippen LogP contribution in [0.4, 0.5) is 0 Å². The molecular formula is C9H15N3O. The Hall–Kier alpha value is -0.870. The lowest BCUT2D eigenvalue weighted by molar-refractivity contribution is 0.0199. The molecule has 0 spiro atoms. The molecule has 1 aromatic heterocycles. The van der Waals surface area contributed by atoms with E-state index in [4.69, 9.17) is 5.73 Å². The normalized spacial score (nSPS) is 33.0. The zero-order valence-corrected chi connectivity index (χ0v) is 7.75. The van der Waals surface area contributed by atoms with Crippen LogP contribution < -0.4 is 5.73 Å². The second kappa shape index (κ2) is 2.82. The third-order valence-electron chi connectivity index (χ3n) is 2.98. The van der Waals surface area contributed by atoms with Crippen molar-refractivity contribution >= 4 is 0 Å². The van der Waals surface area contributed by atoms with E-state index >= 15 is 0 Å². The molecule has 1 heterocycles. The van der Waals surface area contributed by atoms with Gasteiger partial charge in [-0.25, -0.2) is 4.98 Å². The van der Waals surface area contributed by atoms with Gasteiger partial charge in [0.05, 0.1) is 18.1 Å². The van der Waals surface area contributed by atoms with E-state index in [1.807, 2.05) is 6.92 Å². The minimum atomic E-state index is -0.195. The number of hydrogen-bond acceptors (Lipinski definition) is 3. The summed E-state index contributed by atoms with van der Waals surface area (Å²) >= 11 is 0. The van der Waals surface area contributed by atoms with Gasteiger partial charge in [0.25, 0.3) is 0 Å². The van der Waals surface area contributed by atoms with Crippen molar-refractivity contribution in [3.05, 3.63) is 17.7 Å². The van der Waals surface area contributed by atoms with Crippen molar-refractivity contribution in [3.8, 4) is 0 Å². The average molecular weight is 181 g/mol. The highest BCUT2D eigenvalue weighted by Crippen LogP contribution is 2.42. The van der Waals surface area contributed by atoms with Crippen molar-refractivity contribution in [2.75, 3.05) is 6.54 Å². The highest BCUT2D eigenvalue weighted by atomic mass is 16.3. The number of nitrogens with two attached hydrogens (primary N) is 1. The summed E-state index contributed by atoms with van der Waals surface area (Å²) in [5.41, 5.74) is 7.76. The van der Waals surface area contributed by atoms with Crippen LogP contribution in [0, 0.1) is 6.92 Å². The molecule has 0 aliphatic heterocycles. The summed E-state index contributed by atoms with van der Waals surface area (Å²) in [5.74, 6) is 0. The Bertz CT molecular complexity index is 302. The van der Waals surface area contributed by atoms with Crippen LogP contribution >= 0.6 is 0 Å². The molecule has 72 valence electrons. The summed E-state index contributed by atoms with van der Waals surface area (Å²) in [6, 6.07) is 0. The highest BCUT2D eigenvalue weighted by Gasteiger charge is 2.46. The molecule has 1 fully saturated rings. The van der Waals surface area contributed by atoms with E-state index in [-0.39, 0.29) is 11.5 Å². The van der Waals surface area contributed by atoms with Crippen LogP contribution in [0.25, 0.3) is 0 Å². The molecule has 1 aliphatic rings. The summed E-state index contributed by atoms with van der Waals surface area (Å²) in [4.78, 5) is 7.31. The number of rotatable bonds is 2. The van der Waals surface area contributed by atoms with Crippen molar-refractivity contribution in [1.82, 2.24) is 9.97 Å². The number of H-pyrrole nitrogens is 1. The first kappa shape index (κ1) is 8.72. The monoisotopic (exact) mass is 181 g/mol. The molecule has 2 rings (SSSR count). The third kappa shape index (κ3) is 1.17. The predicted octanol–water partition coefficient (Wildman–Crippen LogP) is 0.0693. The second-order valence-electron chi connectivity index (χ2n) is 3.92. The molecule has 13 heavy (non-hydrogen) atoms. The molecule has 4 N–H and O–H groups in total. The zero-order valence-electron chi connectivity index (χ0n) is 7.75. The number of imidazole rings is 1. The molecule has 4 heteroatoms. The van der Waals surface area contributed by atoms with Crippen LogP contribution in [-0.2, 0) is 5.41 Å². The van der Waals surface area contributed by atoms with Gasteiger partial charge in [0, 0.05) is 17.7 Å². The Balaban J connectivity index is 2.28. The average Bonchev–Trinajstić information content (AvgIpc) is 2.46. The van der Waals surface area contributed by atoms with Crippen LogP contribution in [0.1, 0.15) is 24.2 Å². The largest absolute Gasteiger partial charge is 0.393 e. The predicted molar refractivity (Wildman–Crippen MR) is 49.3 cm³/mol. The summed E-state index contributed by atoms with van der Waals surface area (Å²) in [6.45, 7) is 2.56. The van der Waals surface area contributed by atoms with E-state index in [1.54, 1.807) is 6.33 Å². The second-order valence-corrected chi connectivity index (χ2v) is 3.92. The lowest BCUT2D eigenvalue weighted by atomic mass is 9.64. The molecule has 1 saturated carbocycles. The maximum atomic E-state index is 9.31. The fourth-order valence-electron chi connectivity index (χ4n) is 2.19. The Morgan fingerprint density at radius 2 is 2.46 bits per heavy atom. The zero-order chi connectivity index (χ0) is 9.47. The van der Waals surface area contributed by atoms with Crippen LogP contribution in [0.3, 0.4) is 0 Å². The topological polar surface area (TPSA) is 74.9 Å². The number of aromatic amines is 1. The smallest absolute Gasteiger partial charge is 0.0925 e. The SMILES string of the molecule is Cc1[nH]cnc1C1(CN)CC(O)C1. The summed E-state index contributed by atoms with van der Waals surface area (Å²) in [6.07, 6.45) is 2.98. The molecule has 1 aliphatic carbocycles. The Morgan fingerprint density at radius 1 is 1.77 bits per heavy atom. The van der Waals surface area contributed by atoms with Gasteiger partial charge >= 0.3 is 0 Å². The Kier molecular flexibility index (Phi) is 1.89. The minimum absolute atomic E-state index is 0.0660. The van der Waals surface area contributed by atoms with Crippen LogP contribution in [0.5, 0.6) is 0 Å². The van der Waals surface area contributed by atoms with Crippen molar-refractivity contribution < 1.29 is 5.11 Å². The molecule has 0 bridgehead atoms. The van der Waals surface area contributed by atoms with Crippen molar-refractivity contribution in [3.63, 3.8) is 0 Å². The molecule has 0 amide bonds. The van der Waals surface area contributed by atoms with Crippen molar-refractivity contribution in [2.24, 2.45) is 5.73 Å². The number of aryl methyl sites for hydroxylation is 1. The molecule has 1 aromatic rings. The van der Waals surface area contributed by atoms with Gasteiger partial charge < -0.3 is 15.8 Å². The molecule has 0 atom stereocenters. The standard InChI is InChI=1S/C9H15N3O/c1-6-8(12-5-11-6)9(4-10)2-7(13)3-9/h5,7,13H,2-4,10H2,1H3,(H,11,12). The van der Waals surface area contributed by atoms with E-state index in [0.717, 1.165) is 24.2 Å². The third-order valence-corrected chi connectivity index (χ3v) is 2.98. The maximum Gasteiger partial charge on any atom is 0.0925 e. The lowest BCUT2D eigenvalue weighted by Gasteiger charge is -2.43. The van der Waals surface area contributed by atoms with Gasteiger partial charge in [0.2, 0.25) is 0 Å². The van der Waals surface area contributed by atoms with Gasteiger partial charge in [-0.05, 0) is 19.8 Å². The molecule has 4 nitrogen and oxygen atoms in total. The van der Waals surface area contributed by atoms with Crippen molar-refractivity contribution in [2.45, 2.75) is 31.3 Å². The number of aliphatic hydroxyl groups is 1. The summed E-state index contributed by atoms with van der Waals surface area (Å²) < 4.78 is 0. The van der Waals surface area contributed by atoms with Gasteiger partial charge in [-0.1, -0.05) is 0 Å². The highest BCUT2D eigenvalue weighted by molar-refractivity contribution is 5.26. The van der Waals surface area contributed by atoms with Gasteiger partial charge in [-0.3, -0.25) is 0 Å². The van der Waals surface area contributed by atoms with E-state index in [9.17, 15) is 5.11 Å². The van der Waals surface area contributed by atoms with Crippen LogP contribution in [0.15, 0.2) is 6.33 Å². The van der Waals surface area contributed by atoms with E-state index < -0.39 is 0 Å². The van der Waals surface area contributed by atoms with E-state index in [0.29, 0.717) is 6.54 Å². The Labute approximate surface area is 77.2 Å². The molecule has 0 unspecified atom stereocenters. The molecule has 0 radical (unpaired) electrons. The first-order valence-electron chi connectivity index (χ1n) is 4.56. The molecular weight excluding hydrogens is 166 g/mol. The van der Waals surface area contributed by atoms with Crippen molar-refractivity contribution in [1.29, 1.82) is 0 Å².